The van der Waals surface area contributed by atoms with Crippen molar-refractivity contribution in [3.05, 3.63) is 53.9 Å². The highest BCUT2D eigenvalue weighted by atomic mass is 16.2. The van der Waals surface area contributed by atoms with E-state index in [0.29, 0.717) is 18.3 Å². The van der Waals surface area contributed by atoms with Crippen LogP contribution in [-0.2, 0) is 18.4 Å². The maximum atomic E-state index is 13.4. The van der Waals surface area contributed by atoms with Gasteiger partial charge in [-0.25, -0.2) is 9.69 Å². The molecule has 1 aliphatic heterocycles. The third-order valence-corrected chi connectivity index (χ3v) is 5.99. The maximum absolute atomic E-state index is 13.4. The fraction of sp³-hybridized carbons (Fsp3) is 0.364. The van der Waals surface area contributed by atoms with E-state index in [4.69, 9.17) is 0 Å². The first kappa shape index (κ1) is 17.8. The van der Waals surface area contributed by atoms with Crippen LogP contribution in [0.1, 0.15) is 43.9 Å². The largest absolute Gasteiger partial charge is 0.333 e. The van der Waals surface area contributed by atoms with Gasteiger partial charge in [0.25, 0.3) is 5.91 Å². The van der Waals surface area contributed by atoms with Gasteiger partial charge in [0.1, 0.15) is 11.4 Å². The summed E-state index contributed by atoms with van der Waals surface area (Å²) in [6.07, 6.45) is 3.98. The third kappa shape index (κ3) is 2.72. The predicted molar refractivity (Wildman–Crippen MR) is 109 cm³/mol. The van der Waals surface area contributed by atoms with Crippen LogP contribution in [0.4, 0.5) is 10.6 Å². The van der Waals surface area contributed by atoms with Crippen molar-refractivity contribution in [1.82, 2.24) is 19.7 Å². The van der Waals surface area contributed by atoms with Crippen LogP contribution in [0.15, 0.2) is 42.6 Å². The van der Waals surface area contributed by atoms with Crippen molar-refractivity contribution in [2.75, 3.05) is 4.90 Å². The van der Waals surface area contributed by atoms with E-state index in [2.05, 4.69) is 10.1 Å². The Balaban J connectivity index is 1.52. The number of carbonyl (C=O) groups is 2. The SMILES string of the molecule is Cn1nc(C2CC2)cc1N1C(=O)N(Cc2ccnc3ccccc23)C(C)(C)C1=O. The van der Waals surface area contributed by atoms with Crippen LogP contribution < -0.4 is 4.90 Å². The number of carbonyl (C=O) groups excluding carboxylic acids is 2. The summed E-state index contributed by atoms with van der Waals surface area (Å²) in [5.74, 6) is 0.762. The Morgan fingerprint density at radius 1 is 1.14 bits per heavy atom. The molecule has 1 saturated heterocycles. The smallest absolute Gasteiger partial charge is 0.305 e. The van der Waals surface area contributed by atoms with E-state index in [0.717, 1.165) is 35.0 Å². The summed E-state index contributed by atoms with van der Waals surface area (Å²) in [4.78, 5) is 34.0. The number of imide groups is 1. The molecule has 2 aromatic heterocycles. The first-order chi connectivity index (χ1) is 13.9. The lowest BCUT2D eigenvalue weighted by atomic mass is 10.0. The lowest BCUT2D eigenvalue weighted by Crippen LogP contribution is -2.43. The quantitative estimate of drug-likeness (QED) is 0.639. The zero-order valence-electron chi connectivity index (χ0n) is 16.8. The van der Waals surface area contributed by atoms with Gasteiger partial charge in [0.05, 0.1) is 11.2 Å². The Morgan fingerprint density at radius 3 is 2.66 bits per heavy atom. The highest BCUT2D eigenvalue weighted by molar-refractivity contribution is 6.22. The van der Waals surface area contributed by atoms with E-state index in [9.17, 15) is 9.59 Å². The standard InChI is InChI=1S/C22H23N5O2/c1-22(2)20(28)27(19-12-18(14-8-9-14)24-25(19)3)21(29)26(22)13-15-10-11-23-17-7-5-4-6-16(15)17/h4-7,10-12,14H,8-9,13H2,1-3H3. The van der Waals surface area contributed by atoms with Gasteiger partial charge >= 0.3 is 6.03 Å². The van der Waals surface area contributed by atoms with E-state index in [1.54, 1.807) is 36.7 Å². The van der Waals surface area contributed by atoms with Crippen molar-refractivity contribution in [3.63, 3.8) is 0 Å². The van der Waals surface area contributed by atoms with Gasteiger partial charge in [-0.3, -0.25) is 14.5 Å². The molecule has 29 heavy (non-hydrogen) atoms. The van der Waals surface area contributed by atoms with Gasteiger partial charge in [-0.1, -0.05) is 18.2 Å². The van der Waals surface area contributed by atoms with Crippen molar-refractivity contribution < 1.29 is 9.59 Å². The number of benzene rings is 1. The Bertz CT molecular complexity index is 1140. The van der Waals surface area contributed by atoms with Gasteiger partial charge in [0, 0.05) is 37.2 Å². The zero-order chi connectivity index (χ0) is 20.3. The fourth-order valence-corrected chi connectivity index (χ4v) is 4.03. The number of hydrogen-bond donors (Lipinski definition) is 0. The second kappa shape index (κ2) is 6.14. The Labute approximate surface area is 168 Å². The zero-order valence-corrected chi connectivity index (χ0v) is 16.8. The van der Waals surface area contributed by atoms with E-state index >= 15 is 0 Å². The van der Waals surface area contributed by atoms with Gasteiger partial charge in [-0.05, 0) is 44.4 Å². The number of rotatable bonds is 4. The van der Waals surface area contributed by atoms with Crippen LogP contribution in [-0.4, -0.2) is 37.1 Å². The molecule has 1 aliphatic carbocycles. The maximum Gasteiger partial charge on any atom is 0.333 e. The molecule has 3 aromatic rings. The number of para-hydroxylation sites is 1. The van der Waals surface area contributed by atoms with Crippen molar-refractivity contribution in [2.24, 2.45) is 7.05 Å². The molecule has 2 fully saturated rings. The highest BCUT2D eigenvalue weighted by Gasteiger charge is 2.52. The molecule has 1 aromatic carbocycles. The number of hydrogen-bond acceptors (Lipinski definition) is 4. The monoisotopic (exact) mass is 389 g/mol. The lowest BCUT2D eigenvalue weighted by Gasteiger charge is -2.28. The van der Waals surface area contributed by atoms with Gasteiger partial charge in [-0.15, -0.1) is 0 Å². The van der Waals surface area contributed by atoms with E-state index in [1.165, 1.54) is 4.90 Å². The van der Waals surface area contributed by atoms with E-state index in [-0.39, 0.29) is 11.9 Å². The molecule has 2 aliphatic rings. The summed E-state index contributed by atoms with van der Waals surface area (Å²) in [7, 11) is 1.79. The summed E-state index contributed by atoms with van der Waals surface area (Å²) in [6.45, 7) is 3.94. The van der Waals surface area contributed by atoms with Crippen LogP contribution in [0.25, 0.3) is 10.9 Å². The fourth-order valence-electron chi connectivity index (χ4n) is 4.03. The van der Waals surface area contributed by atoms with Crippen LogP contribution >= 0.6 is 0 Å². The molecule has 0 N–H and O–H groups in total. The van der Waals surface area contributed by atoms with Crippen molar-refractivity contribution in [1.29, 1.82) is 0 Å². The number of anilines is 1. The minimum atomic E-state index is -0.953. The van der Waals surface area contributed by atoms with Crippen molar-refractivity contribution in [2.45, 2.75) is 44.7 Å². The molecule has 1 saturated carbocycles. The van der Waals surface area contributed by atoms with E-state index < -0.39 is 5.54 Å². The number of nitrogens with zero attached hydrogens (tertiary/aromatic N) is 5. The second-order valence-electron chi connectivity index (χ2n) is 8.38. The molecule has 148 valence electrons. The van der Waals surface area contributed by atoms with Gasteiger partial charge in [-0.2, -0.15) is 5.10 Å². The Kier molecular flexibility index (Phi) is 3.78. The minimum Gasteiger partial charge on any atom is -0.305 e. The molecule has 3 heterocycles. The average molecular weight is 389 g/mol. The lowest BCUT2D eigenvalue weighted by molar-refractivity contribution is -0.123. The van der Waals surface area contributed by atoms with Gasteiger partial charge < -0.3 is 4.90 Å². The minimum absolute atomic E-state index is 0.230. The molecule has 5 rings (SSSR count). The molecule has 0 unspecified atom stereocenters. The summed E-state index contributed by atoms with van der Waals surface area (Å²) >= 11 is 0. The summed E-state index contributed by atoms with van der Waals surface area (Å²) in [5.41, 5.74) is 1.85. The average Bonchev–Trinajstić information content (AvgIpc) is 3.46. The van der Waals surface area contributed by atoms with E-state index in [1.807, 2.05) is 36.4 Å². The second-order valence-corrected chi connectivity index (χ2v) is 8.38. The van der Waals surface area contributed by atoms with Crippen LogP contribution in [0.2, 0.25) is 0 Å². The molecule has 0 bridgehead atoms. The summed E-state index contributed by atoms with van der Waals surface area (Å²) in [5, 5.41) is 5.51. The Morgan fingerprint density at radius 2 is 1.90 bits per heavy atom. The number of aromatic nitrogens is 3. The predicted octanol–water partition coefficient (Wildman–Crippen LogP) is 3.59. The number of pyridine rings is 1. The first-order valence-electron chi connectivity index (χ1n) is 9.90. The van der Waals surface area contributed by atoms with Crippen LogP contribution in [0.3, 0.4) is 0 Å². The van der Waals surface area contributed by atoms with Gasteiger partial charge in [0.15, 0.2) is 0 Å². The summed E-state index contributed by atoms with van der Waals surface area (Å²) < 4.78 is 1.64. The number of aryl methyl sites for hydroxylation is 1. The number of urea groups is 1. The van der Waals surface area contributed by atoms with Crippen molar-refractivity contribution >= 4 is 28.7 Å². The molecular formula is C22H23N5O2. The Hall–Kier alpha value is -3.22. The summed E-state index contributed by atoms with van der Waals surface area (Å²) in [6, 6.07) is 11.3. The first-order valence-corrected chi connectivity index (χ1v) is 9.90. The molecule has 0 spiro atoms. The number of fused-ring (bicyclic) bond motifs is 1. The van der Waals surface area contributed by atoms with Crippen molar-refractivity contribution in [3.8, 4) is 0 Å². The normalized spacial score (nSPS) is 18.9. The number of amides is 3. The molecule has 7 heteroatoms. The van der Waals surface area contributed by atoms with Crippen LogP contribution in [0, 0.1) is 0 Å². The topological polar surface area (TPSA) is 71.3 Å². The molecule has 3 amide bonds. The van der Waals surface area contributed by atoms with Gasteiger partial charge in [0.2, 0.25) is 0 Å². The molecule has 7 nitrogen and oxygen atoms in total. The highest BCUT2D eigenvalue weighted by Crippen LogP contribution is 2.41. The third-order valence-electron chi connectivity index (χ3n) is 5.99. The molecule has 0 atom stereocenters. The van der Waals surface area contributed by atoms with Crippen LogP contribution in [0.5, 0.6) is 0 Å². The molecular weight excluding hydrogens is 366 g/mol. The molecule has 0 radical (unpaired) electrons.